The number of fused-ring (bicyclic) bond motifs is 1. The fourth-order valence-corrected chi connectivity index (χ4v) is 3.86. The lowest BCUT2D eigenvalue weighted by Gasteiger charge is -2.25. The number of halogens is 1. The first-order chi connectivity index (χ1) is 10.3. The molecule has 4 rings (SSSR count). The molecule has 1 aliphatic heterocycles. The van der Waals surface area contributed by atoms with E-state index in [-0.39, 0.29) is 0 Å². The number of imidazole rings is 1. The molecule has 1 saturated heterocycles. The Morgan fingerprint density at radius 1 is 1.24 bits per heavy atom. The highest BCUT2D eigenvalue weighted by Crippen LogP contribution is 2.36. The van der Waals surface area contributed by atoms with Gasteiger partial charge in [0.25, 0.3) is 0 Å². The van der Waals surface area contributed by atoms with Gasteiger partial charge in [-0.25, -0.2) is 9.97 Å². The van der Waals surface area contributed by atoms with Crippen LogP contribution in [-0.4, -0.2) is 27.7 Å². The minimum absolute atomic E-state index is 0.384. The predicted molar refractivity (Wildman–Crippen MR) is 84.9 cm³/mol. The lowest BCUT2D eigenvalue weighted by Crippen LogP contribution is -2.20. The second kappa shape index (κ2) is 5.40. The number of nitrogens with zero attached hydrogens (tertiary/aromatic N) is 3. The van der Waals surface area contributed by atoms with E-state index in [2.05, 4.69) is 9.55 Å². The summed E-state index contributed by atoms with van der Waals surface area (Å²) in [5.41, 5.74) is 1.88. The molecule has 0 saturated carbocycles. The minimum atomic E-state index is 0.384. The normalized spacial score (nSPS) is 16.6. The summed E-state index contributed by atoms with van der Waals surface area (Å²) in [5, 5.41) is 0. The Bertz CT molecular complexity index is 776. The summed E-state index contributed by atoms with van der Waals surface area (Å²) in [6.45, 7) is 1.59. The van der Waals surface area contributed by atoms with Crippen LogP contribution in [-0.2, 0) is 4.74 Å². The molecule has 4 heterocycles. The Labute approximate surface area is 131 Å². The van der Waals surface area contributed by atoms with E-state index in [4.69, 9.17) is 21.3 Å². The number of rotatable bonds is 2. The molecular weight excluding hydrogens is 306 g/mol. The maximum Gasteiger partial charge on any atom is 0.160 e. The van der Waals surface area contributed by atoms with Gasteiger partial charge in [0, 0.05) is 25.5 Å². The monoisotopic (exact) mass is 319 g/mol. The highest BCUT2D eigenvalue weighted by atomic mass is 35.5. The Balaban J connectivity index is 1.92. The molecule has 0 aliphatic carbocycles. The van der Waals surface area contributed by atoms with Crippen molar-refractivity contribution in [2.75, 3.05) is 13.2 Å². The number of hydrogen-bond acceptors (Lipinski definition) is 4. The molecule has 21 heavy (non-hydrogen) atoms. The molecule has 1 aliphatic rings. The number of pyridine rings is 1. The molecule has 3 aromatic rings. The topological polar surface area (TPSA) is 39.9 Å². The van der Waals surface area contributed by atoms with E-state index in [1.54, 1.807) is 11.3 Å². The second-order valence-corrected chi connectivity index (χ2v) is 6.81. The van der Waals surface area contributed by atoms with E-state index in [1.165, 1.54) is 0 Å². The zero-order valence-corrected chi connectivity index (χ0v) is 12.9. The summed E-state index contributed by atoms with van der Waals surface area (Å²) in [6, 6.07) is 8.27. The Kier molecular flexibility index (Phi) is 3.41. The van der Waals surface area contributed by atoms with Crippen LogP contribution in [0.15, 0.2) is 30.5 Å². The lowest BCUT2D eigenvalue weighted by molar-refractivity contribution is 0.0709. The molecule has 0 amide bonds. The van der Waals surface area contributed by atoms with Crippen LogP contribution in [0, 0.1) is 0 Å². The standard InChI is InChI=1S/C15H14ClN3OS/c16-13-4-3-12(21-13)15-18-11-2-1-7-17-14(11)19(15)10-5-8-20-9-6-10/h1-4,7,10H,5-6,8-9H2. The van der Waals surface area contributed by atoms with Crippen LogP contribution in [0.25, 0.3) is 21.9 Å². The van der Waals surface area contributed by atoms with E-state index < -0.39 is 0 Å². The molecule has 1 fully saturated rings. The molecule has 0 N–H and O–H groups in total. The van der Waals surface area contributed by atoms with Crippen molar-refractivity contribution < 1.29 is 4.74 Å². The van der Waals surface area contributed by atoms with Gasteiger partial charge < -0.3 is 9.30 Å². The molecule has 0 atom stereocenters. The highest BCUT2D eigenvalue weighted by molar-refractivity contribution is 7.19. The molecule has 0 spiro atoms. The number of ether oxygens (including phenoxy) is 1. The van der Waals surface area contributed by atoms with Crippen LogP contribution in [0.3, 0.4) is 0 Å². The number of hydrogen-bond donors (Lipinski definition) is 0. The smallest absolute Gasteiger partial charge is 0.160 e. The first-order valence-corrected chi connectivity index (χ1v) is 8.19. The van der Waals surface area contributed by atoms with Gasteiger partial charge in [-0.1, -0.05) is 11.6 Å². The molecule has 0 unspecified atom stereocenters. The largest absolute Gasteiger partial charge is 0.381 e. The van der Waals surface area contributed by atoms with E-state index >= 15 is 0 Å². The highest BCUT2D eigenvalue weighted by Gasteiger charge is 2.23. The maximum atomic E-state index is 6.09. The van der Waals surface area contributed by atoms with E-state index in [0.717, 1.165) is 52.3 Å². The van der Waals surface area contributed by atoms with Crippen molar-refractivity contribution in [3.8, 4) is 10.7 Å². The van der Waals surface area contributed by atoms with E-state index in [0.29, 0.717) is 6.04 Å². The summed E-state index contributed by atoms with van der Waals surface area (Å²) < 4.78 is 8.53. The van der Waals surface area contributed by atoms with Crippen LogP contribution in [0.1, 0.15) is 18.9 Å². The van der Waals surface area contributed by atoms with Crippen LogP contribution in [0.2, 0.25) is 4.34 Å². The zero-order valence-electron chi connectivity index (χ0n) is 11.3. The quantitative estimate of drug-likeness (QED) is 0.712. The van der Waals surface area contributed by atoms with E-state index in [9.17, 15) is 0 Å². The Morgan fingerprint density at radius 2 is 2.10 bits per heavy atom. The average Bonchev–Trinajstić information content (AvgIpc) is 3.11. The molecule has 108 valence electrons. The Morgan fingerprint density at radius 3 is 2.86 bits per heavy atom. The van der Waals surface area contributed by atoms with Gasteiger partial charge in [-0.05, 0) is 37.1 Å². The first-order valence-electron chi connectivity index (χ1n) is 6.99. The van der Waals surface area contributed by atoms with E-state index in [1.807, 2.05) is 30.5 Å². The minimum Gasteiger partial charge on any atom is -0.381 e. The van der Waals surface area contributed by atoms with Crippen LogP contribution in [0.4, 0.5) is 0 Å². The fourth-order valence-electron chi connectivity index (χ4n) is 2.83. The van der Waals surface area contributed by atoms with Crippen molar-refractivity contribution in [1.29, 1.82) is 0 Å². The third kappa shape index (κ3) is 2.35. The van der Waals surface area contributed by atoms with Crippen molar-refractivity contribution in [2.45, 2.75) is 18.9 Å². The summed E-state index contributed by atoms with van der Waals surface area (Å²) >= 11 is 7.65. The van der Waals surface area contributed by atoms with Gasteiger partial charge in [0.05, 0.1) is 9.21 Å². The molecule has 0 bridgehead atoms. The van der Waals surface area contributed by atoms with Gasteiger partial charge in [0.1, 0.15) is 5.52 Å². The average molecular weight is 320 g/mol. The summed E-state index contributed by atoms with van der Waals surface area (Å²) in [4.78, 5) is 10.4. The number of thiophene rings is 1. The summed E-state index contributed by atoms with van der Waals surface area (Å²) in [6.07, 6.45) is 3.81. The maximum absolute atomic E-state index is 6.09. The fraction of sp³-hybridized carbons (Fsp3) is 0.333. The van der Waals surface area contributed by atoms with Crippen molar-refractivity contribution in [1.82, 2.24) is 14.5 Å². The van der Waals surface area contributed by atoms with Gasteiger partial charge >= 0.3 is 0 Å². The van der Waals surface area contributed by atoms with Gasteiger partial charge in [-0.3, -0.25) is 0 Å². The molecule has 4 nitrogen and oxygen atoms in total. The van der Waals surface area contributed by atoms with Crippen molar-refractivity contribution >= 4 is 34.1 Å². The lowest BCUT2D eigenvalue weighted by atomic mass is 10.1. The Hall–Kier alpha value is -1.43. The third-order valence-corrected chi connectivity index (χ3v) is 5.03. The molecule has 0 radical (unpaired) electrons. The predicted octanol–water partition coefficient (Wildman–Crippen LogP) is 4.16. The van der Waals surface area contributed by atoms with Crippen LogP contribution < -0.4 is 0 Å². The second-order valence-electron chi connectivity index (χ2n) is 5.10. The molecule has 6 heteroatoms. The third-order valence-electron chi connectivity index (χ3n) is 3.80. The van der Waals surface area contributed by atoms with Crippen molar-refractivity contribution in [2.24, 2.45) is 0 Å². The summed E-state index contributed by atoms with van der Waals surface area (Å²) in [7, 11) is 0. The van der Waals surface area contributed by atoms with Crippen molar-refractivity contribution in [3.05, 3.63) is 34.8 Å². The summed E-state index contributed by atoms with van der Waals surface area (Å²) in [5.74, 6) is 0.965. The van der Waals surface area contributed by atoms with Gasteiger partial charge in [-0.2, -0.15) is 0 Å². The molecule has 3 aromatic heterocycles. The first kappa shape index (κ1) is 13.2. The van der Waals surface area contributed by atoms with Gasteiger partial charge in [0.2, 0.25) is 0 Å². The zero-order chi connectivity index (χ0) is 14.2. The van der Waals surface area contributed by atoms with Crippen LogP contribution >= 0.6 is 22.9 Å². The van der Waals surface area contributed by atoms with Crippen LogP contribution in [0.5, 0.6) is 0 Å². The number of aromatic nitrogens is 3. The molecular formula is C15H14ClN3OS. The molecule has 0 aromatic carbocycles. The SMILES string of the molecule is Clc1ccc(-c2nc3cccnc3n2C2CCOCC2)s1. The van der Waals surface area contributed by atoms with Gasteiger partial charge in [-0.15, -0.1) is 11.3 Å². The van der Waals surface area contributed by atoms with Gasteiger partial charge in [0.15, 0.2) is 11.5 Å². The van der Waals surface area contributed by atoms with Crippen molar-refractivity contribution in [3.63, 3.8) is 0 Å².